The van der Waals surface area contributed by atoms with Crippen molar-refractivity contribution in [2.24, 2.45) is 5.73 Å². The van der Waals surface area contributed by atoms with E-state index in [0.29, 0.717) is 11.5 Å². The average Bonchev–Trinajstić information content (AvgIpc) is 2.16. The highest BCUT2D eigenvalue weighted by molar-refractivity contribution is 7.80. The van der Waals surface area contributed by atoms with Crippen molar-refractivity contribution in [1.29, 1.82) is 0 Å². The summed E-state index contributed by atoms with van der Waals surface area (Å²) >= 11 is 4.71. The molecule has 0 aliphatic rings. The number of rotatable bonds is 3. The maximum Gasteiger partial charge on any atom is 0.168 e. The quantitative estimate of drug-likeness (QED) is 0.741. The monoisotopic (exact) mass is 212 g/mol. The zero-order chi connectivity index (χ0) is 10.6. The molecule has 5 heteroatoms. The SMILES string of the molecule is COc1ccc(NC(N)=S)cc1OC. The summed E-state index contributed by atoms with van der Waals surface area (Å²) in [5.74, 6) is 1.30. The van der Waals surface area contributed by atoms with E-state index in [1.807, 2.05) is 0 Å². The number of methoxy groups -OCH3 is 2. The number of hydrogen-bond acceptors (Lipinski definition) is 3. The smallest absolute Gasteiger partial charge is 0.168 e. The zero-order valence-corrected chi connectivity index (χ0v) is 8.85. The Balaban J connectivity index is 2.95. The van der Waals surface area contributed by atoms with Crippen molar-refractivity contribution < 1.29 is 9.47 Å². The molecule has 3 N–H and O–H groups in total. The van der Waals surface area contributed by atoms with Gasteiger partial charge in [0.15, 0.2) is 16.6 Å². The third kappa shape index (κ3) is 2.50. The molecule has 76 valence electrons. The van der Waals surface area contributed by atoms with Crippen molar-refractivity contribution in [2.75, 3.05) is 19.5 Å². The Hall–Kier alpha value is -1.49. The molecular weight excluding hydrogens is 200 g/mol. The molecule has 4 nitrogen and oxygen atoms in total. The van der Waals surface area contributed by atoms with Gasteiger partial charge in [-0.05, 0) is 24.4 Å². The minimum Gasteiger partial charge on any atom is -0.493 e. The first-order chi connectivity index (χ1) is 6.67. The summed E-state index contributed by atoms with van der Waals surface area (Å²) in [6.07, 6.45) is 0. The molecule has 0 aliphatic carbocycles. The Kier molecular flexibility index (Phi) is 3.53. The number of ether oxygens (including phenoxy) is 2. The summed E-state index contributed by atoms with van der Waals surface area (Å²) in [7, 11) is 3.15. The molecule has 0 atom stereocenters. The number of nitrogens with two attached hydrogens (primary N) is 1. The Morgan fingerprint density at radius 1 is 1.29 bits per heavy atom. The predicted molar refractivity (Wildman–Crippen MR) is 60.0 cm³/mol. The van der Waals surface area contributed by atoms with Crippen molar-refractivity contribution in [3.63, 3.8) is 0 Å². The molecule has 0 aliphatic heterocycles. The van der Waals surface area contributed by atoms with Crippen LogP contribution >= 0.6 is 12.2 Å². The first-order valence-electron chi connectivity index (χ1n) is 3.96. The molecule has 0 aromatic heterocycles. The Bertz CT molecular complexity index is 342. The number of anilines is 1. The Labute approximate surface area is 88.0 Å². The third-order valence-electron chi connectivity index (χ3n) is 1.65. The van der Waals surface area contributed by atoms with Gasteiger partial charge in [-0.2, -0.15) is 0 Å². The van der Waals surface area contributed by atoms with Crippen LogP contribution in [0.2, 0.25) is 0 Å². The summed E-state index contributed by atoms with van der Waals surface area (Å²) in [5, 5.41) is 3.02. The van der Waals surface area contributed by atoms with Gasteiger partial charge in [-0.3, -0.25) is 0 Å². The zero-order valence-electron chi connectivity index (χ0n) is 8.03. The van der Waals surface area contributed by atoms with Gasteiger partial charge in [0.05, 0.1) is 14.2 Å². The van der Waals surface area contributed by atoms with Gasteiger partial charge in [-0.25, -0.2) is 0 Å². The van der Waals surface area contributed by atoms with E-state index in [4.69, 9.17) is 27.4 Å². The molecule has 0 bridgehead atoms. The molecule has 0 spiro atoms. The fourth-order valence-electron chi connectivity index (χ4n) is 1.06. The van der Waals surface area contributed by atoms with E-state index in [9.17, 15) is 0 Å². The first-order valence-corrected chi connectivity index (χ1v) is 4.36. The van der Waals surface area contributed by atoms with Crippen LogP contribution in [-0.4, -0.2) is 19.3 Å². The van der Waals surface area contributed by atoms with Crippen molar-refractivity contribution in [1.82, 2.24) is 0 Å². The summed E-state index contributed by atoms with van der Waals surface area (Å²) in [5.41, 5.74) is 6.11. The summed E-state index contributed by atoms with van der Waals surface area (Å²) in [6, 6.07) is 5.35. The lowest BCUT2D eigenvalue weighted by atomic mass is 10.3. The lowest BCUT2D eigenvalue weighted by molar-refractivity contribution is 0.355. The lowest BCUT2D eigenvalue weighted by Crippen LogP contribution is -2.18. The van der Waals surface area contributed by atoms with E-state index in [2.05, 4.69) is 5.32 Å². The van der Waals surface area contributed by atoms with Crippen LogP contribution in [0.3, 0.4) is 0 Å². The molecule has 0 saturated carbocycles. The molecule has 0 saturated heterocycles. The maximum absolute atomic E-state index is 5.33. The van der Waals surface area contributed by atoms with Crippen LogP contribution in [0.15, 0.2) is 18.2 Å². The van der Waals surface area contributed by atoms with Gasteiger partial charge in [0.25, 0.3) is 0 Å². The average molecular weight is 212 g/mol. The van der Waals surface area contributed by atoms with Crippen LogP contribution in [-0.2, 0) is 0 Å². The standard InChI is InChI=1S/C9H12N2O2S/c1-12-7-4-3-6(11-9(10)14)5-8(7)13-2/h3-5H,1-2H3,(H3,10,11,14). The number of thiocarbonyl (C=S) groups is 1. The van der Waals surface area contributed by atoms with Gasteiger partial charge in [0, 0.05) is 11.8 Å². The van der Waals surface area contributed by atoms with Gasteiger partial charge < -0.3 is 20.5 Å². The molecule has 0 amide bonds. The van der Waals surface area contributed by atoms with E-state index in [1.54, 1.807) is 32.4 Å². The van der Waals surface area contributed by atoms with Crippen molar-refractivity contribution >= 4 is 23.0 Å². The van der Waals surface area contributed by atoms with Crippen molar-refractivity contribution in [3.8, 4) is 11.5 Å². The number of nitrogens with one attached hydrogen (secondary N) is 1. The van der Waals surface area contributed by atoms with Gasteiger partial charge in [0.2, 0.25) is 0 Å². The van der Waals surface area contributed by atoms with Crippen LogP contribution in [0.5, 0.6) is 11.5 Å². The highest BCUT2D eigenvalue weighted by atomic mass is 32.1. The fourth-order valence-corrected chi connectivity index (χ4v) is 1.17. The molecule has 0 fully saturated rings. The predicted octanol–water partition coefficient (Wildman–Crippen LogP) is 1.36. The van der Waals surface area contributed by atoms with Crippen molar-refractivity contribution in [3.05, 3.63) is 18.2 Å². The molecule has 1 aromatic rings. The second-order valence-electron chi connectivity index (χ2n) is 2.56. The van der Waals surface area contributed by atoms with Crippen LogP contribution in [0.25, 0.3) is 0 Å². The van der Waals surface area contributed by atoms with E-state index in [1.165, 1.54) is 0 Å². The molecule has 14 heavy (non-hydrogen) atoms. The molecular formula is C9H12N2O2S. The first kappa shape index (κ1) is 10.6. The summed E-state index contributed by atoms with van der Waals surface area (Å²) in [4.78, 5) is 0. The molecule has 1 aromatic carbocycles. The van der Waals surface area contributed by atoms with Crippen LogP contribution in [0.4, 0.5) is 5.69 Å². The summed E-state index contributed by atoms with van der Waals surface area (Å²) < 4.78 is 10.2. The minimum atomic E-state index is 0.220. The fraction of sp³-hybridized carbons (Fsp3) is 0.222. The summed E-state index contributed by atoms with van der Waals surface area (Å²) in [6.45, 7) is 0. The van der Waals surface area contributed by atoms with Crippen LogP contribution < -0.4 is 20.5 Å². The van der Waals surface area contributed by atoms with Gasteiger partial charge in [-0.1, -0.05) is 0 Å². The van der Waals surface area contributed by atoms with Crippen LogP contribution in [0.1, 0.15) is 0 Å². The number of hydrogen-bond donors (Lipinski definition) is 2. The number of benzene rings is 1. The molecule has 0 unspecified atom stereocenters. The maximum atomic E-state index is 5.33. The molecule has 0 heterocycles. The van der Waals surface area contributed by atoms with Crippen molar-refractivity contribution in [2.45, 2.75) is 0 Å². The van der Waals surface area contributed by atoms with E-state index >= 15 is 0 Å². The largest absolute Gasteiger partial charge is 0.493 e. The second kappa shape index (κ2) is 4.66. The lowest BCUT2D eigenvalue weighted by Gasteiger charge is -2.09. The van der Waals surface area contributed by atoms with Gasteiger partial charge in [-0.15, -0.1) is 0 Å². The normalized spacial score (nSPS) is 9.29. The Morgan fingerprint density at radius 3 is 2.43 bits per heavy atom. The van der Waals surface area contributed by atoms with Crippen LogP contribution in [0, 0.1) is 0 Å². The molecule has 0 radical (unpaired) electrons. The third-order valence-corrected chi connectivity index (χ3v) is 1.75. The topological polar surface area (TPSA) is 56.5 Å². The van der Waals surface area contributed by atoms with E-state index < -0.39 is 0 Å². The van der Waals surface area contributed by atoms with Gasteiger partial charge in [0.1, 0.15) is 0 Å². The van der Waals surface area contributed by atoms with Gasteiger partial charge >= 0.3 is 0 Å². The van der Waals surface area contributed by atoms with E-state index in [-0.39, 0.29) is 5.11 Å². The molecule has 1 rings (SSSR count). The highest BCUT2D eigenvalue weighted by Gasteiger charge is 2.03. The second-order valence-corrected chi connectivity index (χ2v) is 3.00. The highest BCUT2D eigenvalue weighted by Crippen LogP contribution is 2.29. The van der Waals surface area contributed by atoms with E-state index in [0.717, 1.165) is 5.69 Å². The minimum absolute atomic E-state index is 0.220. The Morgan fingerprint density at radius 2 is 1.93 bits per heavy atom.